The van der Waals surface area contributed by atoms with Crippen molar-refractivity contribution >= 4 is 0 Å². The summed E-state index contributed by atoms with van der Waals surface area (Å²) in [6, 6.07) is -0.854. The number of hydrogen-bond acceptors (Lipinski definition) is 8. The van der Waals surface area contributed by atoms with Gasteiger partial charge in [0.25, 0.3) is 0 Å². The van der Waals surface area contributed by atoms with Gasteiger partial charge in [-0.1, -0.05) is 0 Å². The fraction of sp³-hybridized carbons (Fsp3) is 1.00. The zero-order chi connectivity index (χ0) is 13.4. The summed E-state index contributed by atoms with van der Waals surface area (Å²) in [5.41, 5.74) is 0. The number of hydrogen-bond donors (Lipinski definition) is 8. The van der Waals surface area contributed by atoms with Crippen molar-refractivity contribution in [3.8, 4) is 0 Å². The van der Waals surface area contributed by atoms with Crippen LogP contribution >= 0.6 is 0 Å². The summed E-state index contributed by atoms with van der Waals surface area (Å²) in [5.74, 6) is 0. The van der Waals surface area contributed by atoms with Crippen molar-refractivity contribution in [3.05, 3.63) is 0 Å². The highest BCUT2D eigenvalue weighted by molar-refractivity contribution is 4.80. The molecule has 0 aromatic carbocycles. The lowest BCUT2D eigenvalue weighted by molar-refractivity contribution is -0.0773. The van der Waals surface area contributed by atoms with E-state index in [1.165, 1.54) is 0 Å². The van der Waals surface area contributed by atoms with Crippen LogP contribution in [0.25, 0.3) is 0 Å². The molecule has 0 spiro atoms. The molecule has 8 nitrogen and oxygen atoms in total. The first kappa shape index (κ1) is 16.7. The Morgan fingerprint density at radius 1 is 0.706 bits per heavy atom. The van der Waals surface area contributed by atoms with E-state index in [0.29, 0.717) is 0 Å². The van der Waals surface area contributed by atoms with Crippen LogP contribution in [-0.4, -0.2) is 92.6 Å². The van der Waals surface area contributed by atoms with Crippen molar-refractivity contribution < 1.29 is 35.7 Å². The molecule has 104 valence electrons. The van der Waals surface area contributed by atoms with Gasteiger partial charge < -0.3 is 41.1 Å². The van der Waals surface area contributed by atoms with E-state index in [1.54, 1.807) is 0 Å². The van der Waals surface area contributed by atoms with Gasteiger partial charge in [-0.05, 0) is 0 Å². The predicted octanol–water partition coefficient (Wildman–Crippen LogP) is -4.63. The fourth-order valence-corrected chi connectivity index (χ4v) is 1.21. The highest BCUT2D eigenvalue weighted by Crippen LogP contribution is 2.00. The maximum Gasteiger partial charge on any atom is 0.109 e. The SMILES string of the molecule is OCC(O)C(CO)NCC(O)C(O)C(O)CO. The topological polar surface area (TPSA) is 154 Å². The van der Waals surface area contributed by atoms with E-state index >= 15 is 0 Å². The molecular formula is C9H21NO7. The third-order valence-electron chi connectivity index (χ3n) is 2.41. The molecule has 8 heteroatoms. The molecular weight excluding hydrogens is 234 g/mol. The van der Waals surface area contributed by atoms with Crippen molar-refractivity contribution in [1.29, 1.82) is 0 Å². The maximum atomic E-state index is 9.41. The average Bonchev–Trinajstić information content (AvgIpc) is 2.36. The molecule has 0 bridgehead atoms. The Morgan fingerprint density at radius 2 is 1.24 bits per heavy atom. The first-order valence-electron chi connectivity index (χ1n) is 5.26. The van der Waals surface area contributed by atoms with Crippen LogP contribution in [0.4, 0.5) is 0 Å². The summed E-state index contributed by atoms with van der Waals surface area (Å²) in [6.07, 6.45) is -5.59. The average molecular weight is 255 g/mol. The van der Waals surface area contributed by atoms with Gasteiger partial charge in [-0.15, -0.1) is 0 Å². The van der Waals surface area contributed by atoms with Crippen LogP contribution in [0, 0.1) is 0 Å². The van der Waals surface area contributed by atoms with Crippen LogP contribution in [-0.2, 0) is 0 Å². The van der Waals surface area contributed by atoms with Gasteiger partial charge in [0.1, 0.15) is 12.2 Å². The van der Waals surface area contributed by atoms with E-state index in [9.17, 15) is 15.3 Å². The third kappa shape index (κ3) is 5.70. The van der Waals surface area contributed by atoms with Crippen LogP contribution in [0.1, 0.15) is 0 Å². The Kier molecular flexibility index (Phi) is 8.56. The quantitative estimate of drug-likeness (QED) is 0.205. The highest BCUT2D eigenvalue weighted by atomic mass is 16.4. The number of rotatable bonds is 9. The molecule has 0 aromatic rings. The minimum Gasteiger partial charge on any atom is -0.395 e. The first-order chi connectivity index (χ1) is 7.97. The van der Waals surface area contributed by atoms with Crippen LogP contribution < -0.4 is 5.32 Å². The number of aliphatic hydroxyl groups excluding tert-OH is 7. The van der Waals surface area contributed by atoms with E-state index in [2.05, 4.69) is 5.32 Å². The highest BCUT2D eigenvalue weighted by Gasteiger charge is 2.25. The summed E-state index contributed by atoms with van der Waals surface area (Å²) >= 11 is 0. The van der Waals surface area contributed by atoms with E-state index in [0.717, 1.165) is 0 Å². The van der Waals surface area contributed by atoms with Gasteiger partial charge >= 0.3 is 0 Å². The lowest BCUT2D eigenvalue weighted by Crippen LogP contribution is -2.51. The standard InChI is InChI=1S/C9H21NO7/c11-2-5(7(15)3-12)10-1-6(14)9(17)8(16)4-13/h5-17H,1-4H2. The van der Waals surface area contributed by atoms with Crippen LogP contribution in [0.15, 0.2) is 0 Å². The third-order valence-corrected chi connectivity index (χ3v) is 2.41. The van der Waals surface area contributed by atoms with Gasteiger partial charge in [0.05, 0.1) is 38.1 Å². The van der Waals surface area contributed by atoms with E-state index in [-0.39, 0.29) is 6.54 Å². The fourth-order valence-electron chi connectivity index (χ4n) is 1.21. The molecule has 5 unspecified atom stereocenters. The Labute approximate surface area is 98.8 Å². The van der Waals surface area contributed by atoms with Crippen LogP contribution in [0.3, 0.4) is 0 Å². The molecule has 0 aliphatic rings. The van der Waals surface area contributed by atoms with Gasteiger partial charge in [0.15, 0.2) is 0 Å². The summed E-state index contributed by atoms with van der Waals surface area (Å²) in [5, 5.41) is 65.6. The molecule has 8 N–H and O–H groups in total. The second-order valence-electron chi connectivity index (χ2n) is 3.76. The zero-order valence-corrected chi connectivity index (χ0v) is 9.35. The van der Waals surface area contributed by atoms with Crippen molar-refractivity contribution in [3.63, 3.8) is 0 Å². The molecule has 0 aliphatic carbocycles. The molecule has 0 fully saturated rings. The van der Waals surface area contributed by atoms with E-state index < -0.39 is 50.3 Å². The van der Waals surface area contributed by atoms with Gasteiger partial charge in [0, 0.05) is 6.54 Å². The Bertz CT molecular complexity index is 194. The Balaban J connectivity index is 4.08. The molecule has 0 amide bonds. The largest absolute Gasteiger partial charge is 0.395 e. The molecule has 0 saturated heterocycles. The molecule has 5 atom stereocenters. The summed E-state index contributed by atoms with van der Waals surface area (Å²) in [6.45, 7) is -1.94. The van der Waals surface area contributed by atoms with Crippen molar-refractivity contribution in [2.75, 3.05) is 26.4 Å². The first-order valence-corrected chi connectivity index (χ1v) is 5.26. The molecule has 17 heavy (non-hydrogen) atoms. The second kappa shape index (κ2) is 8.72. The minimum atomic E-state index is -1.54. The van der Waals surface area contributed by atoms with Crippen LogP contribution in [0.5, 0.6) is 0 Å². The van der Waals surface area contributed by atoms with Gasteiger partial charge in [-0.3, -0.25) is 0 Å². The van der Waals surface area contributed by atoms with Crippen molar-refractivity contribution in [2.24, 2.45) is 0 Å². The lowest BCUT2D eigenvalue weighted by atomic mass is 10.1. The molecule has 0 aliphatic heterocycles. The second-order valence-corrected chi connectivity index (χ2v) is 3.76. The molecule has 0 heterocycles. The number of aliphatic hydroxyl groups is 7. The predicted molar refractivity (Wildman–Crippen MR) is 57.1 cm³/mol. The molecule has 0 aromatic heterocycles. The van der Waals surface area contributed by atoms with Crippen molar-refractivity contribution in [1.82, 2.24) is 5.32 Å². The minimum absolute atomic E-state index is 0.222. The summed E-state index contributed by atoms with van der Waals surface area (Å²) < 4.78 is 0. The monoisotopic (exact) mass is 255 g/mol. The smallest absolute Gasteiger partial charge is 0.109 e. The van der Waals surface area contributed by atoms with Crippen LogP contribution in [0.2, 0.25) is 0 Å². The summed E-state index contributed by atoms with van der Waals surface area (Å²) in [7, 11) is 0. The molecule has 0 rings (SSSR count). The van der Waals surface area contributed by atoms with Gasteiger partial charge in [-0.25, -0.2) is 0 Å². The maximum absolute atomic E-state index is 9.41. The van der Waals surface area contributed by atoms with Gasteiger partial charge in [0.2, 0.25) is 0 Å². The molecule has 0 radical (unpaired) electrons. The Morgan fingerprint density at radius 3 is 1.65 bits per heavy atom. The molecule has 0 saturated carbocycles. The lowest BCUT2D eigenvalue weighted by Gasteiger charge is -2.25. The van der Waals surface area contributed by atoms with E-state index in [4.69, 9.17) is 20.4 Å². The van der Waals surface area contributed by atoms with Gasteiger partial charge in [-0.2, -0.15) is 0 Å². The normalized spacial score (nSPS) is 20.6. The Hall–Kier alpha value is -0.320. The summed E-state index contributed by atoms with van der Waals surface area (Å²) in [4.78, 5) is 0. The van der Waals surface area contributed by atoms with E-state index in [1.807, 2.05) is 0 Å². The zero-order valence-electron chi connectivity index (χ0n) is 9.35. The number of nitrogens with one attached hydrogen (secondary N) is 1. The van der Waals surface area contributed by atoms with Crippen molar-refractivity contribution in [2.45, 2.75) is 30.5 Å².